The minimum absolute atomic E-state index is 0.0252. The van der Waals surface area contributed by atoms with Gasteiger partial charge in [0, 0.05) is 11.4 Å². The van der Waals surface area contributed by atoms with Crippen LogP contribution in [0, 0.1) is 0 Å². The van der Waals surface area contributed by atoms with Crippen molar-refractivity contribution in [3.05, 3.63) is 59.0 Å². The van der Waals surface area contributed by atoms with Gasteiger partial charge in [-0.3, -0.25) is 9.69 Å². The van der Waals surface area contributed by atoms with Gasteiger partial charge in [0.1, 0.15) is 11.8 Å². The normalized spacial score (nSPS) is 21.0. The fourth-order valence-electron chi connectivity index (χ4n) is 3.64. The maximum absolute atomic E-state index is 13.0. The third kappa shape index (κ3) is 3.69. The van der Waals surface area contributed by atoms with Crippen LogP contribution in [0.25, 0.3) is 0 Å². The molecule has 2 aliphatic rings. The van der Waals surface area contributed by atoms with Crippen molar-refractivity contribution in [2.45, 2.75) is 31.7 Å². The van der Waals surface area contributed by atoms with Gasteiger partial charge in [0.05, 0.1) is 18.5 Å². The Morgan fingerprint density at radius 1 is 1.15 bits per heavy atom. The van der Waals surface area contributed by atoms with E-state index in [1.807, 2.05) is 36.4 Å². The van der Waals surface area contributed by atoms with Crippen LogP contribution in [0.5, 0.6) is 0 Å². The van der Waals surface area contributed by atoms with Crippen molar-refractivity contribution in [1.29, 1.82) is 0 Å². The Bertz CT molecular complexity index is 780. The van der Waals surface area contributed by atoms with E-state index in [1.54, 1.807) is 11.3 Å². The van der Waals surface area contributed by atoms with Gasteiger partial charge in [-0.05, 0) is 55.8 Å². The van der Waals surface area contributed by atoms with Crippen LogP contribution in [0.2, 0.25) is 5.02 Å². The number of furan rings is 1. The van der Waals surface area contributed by atoms with E-state index >= 15 is 0 Å². The van der Waals surface area contributed by atoms with E-state index < -0.39 is 0 Å². The van der Waals surface area contributed by atoms with E-state index in [0.29, 0.717) is 18.0 Å². The lowest BCUT2D eigenvalue weighted by Gasteiger charge is -2.28. The highest BCUT2D eigenvalue weighted by Gasteiger charge is 2.35. The molecule has 6 heteroatoms. The summed E-state index contributed by atoms with van der Waals surface area (Å²) in [4.78, 5) is 15.2. The quantitative estimate of drug-likeness (QED) is 0.813. The number of rotatable bonds is 4. The maximum atomic E-state index is 13.0. The van der Waals surface area contributed by atoms with E-state index in [2.05, 4.69) is 10.0 Å². The van der Waals surface area contributed by atoms with Crippen LogP contribution in [0.3, 0.4) is 0 Å². The van der Waals surface area contributed by atoms with Gasteiger partial charge in [0.15, 0.2) is 0 Å². The fraction of sp³-hybridized carbons (Fsp3) is 0.400. The second-order valence-electron chi connectivity index (χ2n) is 6.86. The number of piperidine rings is 1. The molecular weight excluding hydrogens is 350 g/mol. The Morgan fingerprint density at radius 2 is 1.92 bits per heavy atom. The first-order chi connectivity index (χ1) is 12.7. The summed E-state index contributed by atoms with van der Waals surface area (Å²) in [5.74, 6) is 0.793. The smallest absolute Gasteiger partial charge is 0.257 e. The zero-order valence-electron chi connectivity index (χ0n) is 14.6. The van der Waals surface area contributed by atoms with Crippen molar-refractivity contribution in [3.8, 4) is 0 Å². The first-order valence-corrected chi connectivity index (χ1v) is 9.50. The lowest BCUT2D eigenvalue weighted by Crippen LogP contribution is -2.40. The summed E-state index contributed by atoms with van der Waals surface area (Å²) >= 11 is 5.99. The average molecular weight is 372 g/mol. The Balaban J connectivity index is 1.56. The number of carbonyl (C=O) groups excluding carboxylic acids is 1. The van der Waals surface area contributed by atoms with E-state index in [-0.39, 0.29) is 11.9 Å². The molecule has 1 aromatic carbocycles. The highest BCUT2D eigenvalue weighted by atomic mass is 35.5. The number of halogens is 1. The van der Waals surface area contributed by atoms with Gasteiger partial charge in [-0.15, -0.1) is 0 Å². The molecule has 136 valence electrons. The highest BCUT2D eigenvalue weighted by Crippen LogP contribution is 2.33. The van der Waals surface area contributed by atoms with E-state index in [4.69, 9.17) is 16.0 Å². The van der Waals surface area contributed by atoms with E-state index in [0.717, 1.165) is 43.0 Å². The standard InChI is InChI=1S/C20H22ClN3O2/c21-16-8-6-15(7-9-16)17-13-18(19-5-4-12-26-19)24(22-17)20(25)14-23-10-2-1-3-11-23/h4-9,12,18H,1-3,10-11,13-14H2. The molecular formula is C20H22ClN3O2. The molecule has 1 saturated heterocycles. The predicted octanol–water partition coefficient (Wildman–Crippen LogP) is 4.10. The largest absolute Gasteiger partial charge is 0.467 e. The Labute approximate surface area is 158 Å². The molecule has 1 amide bonds. The molecule has 1 aromatic heterocycles. The van der Waals surface area contributed by atoms with Gasteiger partial charge in [0.25, 0.3) is 5.91 Å². The predicted molar refractivity (Wildman–Crippen MR) is 101 cm³/mol. The molecule has 0 N–H and O–H groups in total. The maximum Gasteiger partial charge on any atom is 0.257 e. The third-order valence-electron chi connectivity index (χ3n) is 5.02. The van der Waals surface area contributed by atoms with E-state index in [9.17, 15) is 4.79 Å². The summed E-state index contributed by atoms with van der Waals surface area (Å²) < 4.78 is 5.59. The molecule has 0 bridgehead atoms. The van der Waals surface area contributed by atoms with Crippen LogP contribution in [0.4, 0.5) is 0 Å². The highest BCUT2D eigenvalue weighted by molar-refractivity contribution is 6.30. The molecule has 0 saturated carbocycles. The Hall–Kier alpha value is -2.11. The van der Waals surface area contributed by atoms with Gasteiger partial charge in [0.2, 0.25) is 0 Å². The molecule has 26 heavy (non-hydrogen) atoms. The number of benzene rings is 1. The zero-order valence-corrected chi connectivity index (χ0v) is 15.4. The molecule has 4 rings (SSSR count). The summed E-state index contributed by atoms with van der Waals surface area (Å²) in [7, 11) is 0. The van der Waals surface area contributed by atoms with Gasteiger partial charge >= 0.3 is 0 Å². The van der Waals surface area contributed by atoms with E-state index in [1.165, 1.54) is 6.42 Å². The number of hydrazone groups is 1. The Morgan fingerprint density at radius 3 is 2.62 bits per heavy atom. The first-order valence-electron chi connectivity index (χ1n) is 9.12. The number of carbonyl (C=O) groups is 1. The lowest BCUT2D eigenvalue weighted by atomic mass is 10.0. The van der Waals surface area contributed by atoms with Crippen LogP contribution in [0.15, 0.2) is 52.2 Å². The van der Waals surface area contributed by atoms with Gasteiger partial charge < -0.3 is 4.42 Å². The number of nitrogens with zero attached hydrogens (tertiary/aromatic N) is 3. The number of hydrogen-bond donors (Lipinski definition) is 0. The number of likely N-dealkylation sites (tertiary alicyclic amines) is 1. The van der Waals surface area contributed by atoms with Crippen LogP contribution in [-0.2, 0) is 4.79 Å². The lowest BCUT2D eigenvalue weighted by molar-refractivity contribution is -0.134. The first kappa shape index (κ1) is 17.3. The van der Waals surface area contributed by atoms with Gasteiger partial charge in [-0.1, -0.05) is 30.2 Å². The summed E-state index contributed by atoms with van der Waals surface area (Å²) in [6.45, 7) is 2.38. The summed E-state index contributed by atoms with van der Waals surface area (Å²) in [5.41, 5.74) is 1.87. The molecule has 0 spiro atoms. The van der Waals surface area contributed by atoms with Crippen molar-refractivity contribution < 1.29 is 9.21 Å². The second kappa shape index (κ2) is 7.64. The SMILES string of the molecule is O=C(CN1CCCCC1)N1N=C(c2ccc(Cl)cc2)CC1c1ccco1. The Kier molecular flexibility index (Phi) is 5.09. The molecule has 1 atom stereocenters. The van der Waals surface area contributed by atoms with Crippen LogP contribution in [0.1, 0.15) is 43.0 Å². The summed E-state index contributed by atoms with van der Waals surface area (Å²) in [6.07, 6.45) is 5.86. The van der Waals surface area contributed by atoms with Crippen molar-refractivity contribution in [1.82, 2.24) is 9.91 Å². The topological polar surface area (TPSA) is 49.1 Å². The molecule has 5 nitrogen and oxygen atoms in total. The minimum Gasteiger partial charge on any atom is -0.467 e. The molecule has 1 unspecified atom stereocenters. The molecule has 2 aromatic rings. The van der Waals surface area contributed by atoms with Crippen LogP contribution < -0.4 is 0 Å². The van der Waals surface area contributed by atoms with Crippen LogP contribution >= 0.6 is 11.6 Å². The van der Waals surface area contributed by atoms with Crippen molar-refractivity contribution in [2.75, 3.05) is 19.6 Å². The summed E-state index contributed by atoms with van der Waals surface area (Å²) in [6, 6.07) is 11.2. The van der Waals surface area contributed by atoms with Gasteiger partial charge in [-0.25, -0.2) is 5.01 Å². The minimum atomic E-state index is -0.187. The molecule has 0 radical (unpaired) electrons. The molecule has 0 aliphatic carbocycles. The zero-order chi connectivity index (χ0) is 17.9. The molecule has 3 heterocycles. The fourth-order valence-corrected chi connectivity index (χ4v) is 3.77. The average Bonchev–Trinajstić information content (AvgIpc) is 3.33. The monoisotopic (exact) mass is 371 g/mol. The number of hydrogen-bond acceptors (Lipinski definition) is 4. The van der Waals surface area contributed by atoms with Crippen molar-refractivity contribution in [2.24, 2.45) is 5.10 Å². The molecule has 1 fully saturated rings. The summed E-state index contributed by atoms with van der Waals surface area (Å²) in [5, 5.41) is 6.96. The third-order valence-corrected chi connectivity index (χ3v) is 5.27. The van der Waals surface area contributed by atoms with Crippen LogP contribution in [-0.4, -0.2) is 41.2 Å². The van der Waals surface area contributed by atoms with Crippen molar-refractivity contribution in [3.63, 3.8) is 0 Å². The van der Waals surface area contributed by atoms with Gasteiger partial charge in [-0.2, -0.15) is 5.10 Å². The number of amides is 1. The second-order valence-corrected chi connectivity index (χ2v) is 7.30. The molecule has 2 aliphatic heterocycles. The van der Waals surface area contributed by atoms with Crippen molar-refractivity contribution >= 4 is 23.2 Å².